The van der Waals surface area contributed by atoms with E-state index >= 15 is 0 Å². The van der Waals surface area contributed by atoms with Crippen LogP contribution in [0.1, 0.15) is 42.1 Å². The normalized spacial score (nSPS) is 16.1. The van der Waals surface area contributed by atoms with Crippen molar-refractivity contribution in [2.45, 2.75) is 49.7 Å². The summed E-state index contributed by atoms with van der Waals surface area (Å²) in [7, 11) is -2.09. The lowest BCUT2D eigenvalue weighted by atomic mass is 10.0. The van der Waals surface area contributed by atoms with Gasteiger partial charge in [0.25, 0.3) is 27.7 Å². The zero-order chi connectivity index (χ0) is 30.2. The minimum Gasteiger partial charge on any atom is -0.503 e. The lowest BCUT2D eigenvalue weighted by Gasteiger charge is -2.24. The maximum atomic E-state index is 13.1. The fourth-order valence-corrected chi connectivity index (χ4v) is 5.28. The summed E-state index contributed by atoms with van der Waals surface area (Å²) >= 11 is 0. The maximum absolute atomic E-state index is 13.1. The van der Waals surface area contributed by atoms with Crippen molar-refractivity contribution in [3.63, 3.8) is 0 Å². The summed E-state index contributed by atoms with van der Waals surface area (Å²) in [4.78, 5) is 42.6. The second kappa shape index (κ2) is 14.1. The zero-order valence-electron chi connectivity index (χ0n) is 22.8. The van der Waals surface area contributed by atoms with Gasteiger partial charge in [0.15, 0.2) is 5.76 Å². The van der Waals surface area contributed by atoms with E-state index in [1.165, 1.54) is 44.6 Å². The molecule has 0 bridgehead atoms. The van der Waals surface area contributed by atoms with E-state index in [2.05, 4.69) is 10.6 Å². The number of ether oxygens (including phenoxy) is 1. The van der Waals surface area contributed by atoms with Crippen molar-refractivity contribution in [2.24, 2.45) is 0 Å². The number of rotatable bonds is 12. The molecule has 2 aromatic carbocycles. The molecule has 0 aromatic heterocycles. The standard InChI is InChI=1S/C27H33FN4O8S/c1-4-21(22-6-5-13-29-22)30-26(35)20-14-19(11-12-24(20)39-2)41(37,38)31-27(36)23(33)15-25(34)32(40-3)16-17-7-9-18(28)10-8-17/h7-12,14-15,21-22,29,33H,4-6,13,16H2,1-3H3,(H,30,35)(H,31,36). The number of methoxy groups -OCH3 is 1. The molecule has 3 amide bonds. The molecule has 4 N–H and O–H groups in total. The largest absolute Gasteiger partial charge is 0.503 e. The van der Waals surface area contributed by atoms with Crippen LogP contribution in [0.4, 0.5) is 4.39 Å². The Morgan fingerprint density at radius 2 is 1.90 bits per heavy atom. The molecule has 14 heteroatoms. The minimum atomic E-state index is -4.59. The predicted molar refractivity (Wildman–Crippen MR) is 146 cm³/mol. The number of hydrogen-bond donors (Lipinski definition) is 4. The van der Waals surface area contributed by atoms with Gasteiger partial charge < -0.3 is 20.5 Å². The summed E-state index contributed by atoms with van der Waals surface area (Å²) in [5.74, 6) is -4.59. The summed E-state index contributed by atoms with van der Waals surface area (Å²) in [5, 5.41) is 17.2. The highest BCUT2D eigenvalue weighted by Crippen LogP contribution is 2.23. The molecule has 0 spiro atoms. The van der Waals surface area contributed by atoms with E-state index < -0.39 is 44.2 Å². The average Bonchev–Trinajstić information content (AvgIpc) is 3.49. The van der Waals surface area contributed by atoms with Crippen LogP contribution < -0.4 is 20.1 Å². The molecule has 0 saturated carbocycles. The maximum Gasteiger partial charge on any atom is 0.300 e. The van der Waals surface area contributed by atoms with Gasteiger partial charge in [0.1, 0.15) is 11.6 Å². The first-order valence-corrected chi connectivity index (χ1v) is 14.3. The molecular weight excluding hydrogens is 559 g/mol. The van der Waals surface area contributed by atoms with Crippen molar-refractivity contribution in [3.8, 4) is 5.75 Å². The third kappa shape index (κ3) is 8.25. The Labute approximate surface area is 237 Å². The Hall–Kier alpha value is -4.01. The number of aliphatic hydroxyl groups excluding tert-OH is 1. The van der Waals surface area contributed by atoms with E-state index in [4.69, 9.17) is 9.57 Å². The molecule has 3 rings (SSSR count). The van der Waals surface area contributed by atoms with E-state index in [9.17, 15) is 32.3 Å². The van der Waals surface area contributed by atoms with E-state index in [-0.39, 0.29) is 29.9 Å². The SMILES string of the molecule is CCC(NC(=O)c1cc(S(=O)(=O)NC(=O)C(O)=CC(=O)N(Cc2ccc(F)cc2)OC)ccc1OC)C1CCCN1. The first-order valence-electron chi connectivity index (χ1n) is 12.8. The van der Waals surface area contributed by atoms with Gasteiger partial charge in [0.05, 0.1) is 37.3 Å². The third-order valence-electron chi connectivity index (χ3n) is 6.49. The number of halogens is 1. The molecule has 41 heavy (non-hydrogen) atoms. The molecular formula is C27H33FN4O8S. The average molecular weight is 593 g/mol. The zero-order valence-corrected chi connectivity index (χ0v) is 23.7. The number of carbonyl (C=O) groups excluding carboxylic acids is 3. The van der Waals surface area contributed by atoms with Gasteiger partial charge >= 0.3 is 0 Å². The van der Waals surface area contributed by atoms with Gasteiger partial charge in [0.2, 0.25) is 0 Å². The fourth-order valence-electron chi connectivity index (χ4n) is 4.30. The number of nitrogens with one attached hydrogen (secondary N) is 3. The Balaban J connectivity index is 1.74. The van der Waals surface area contributed by atoms with Crippen LogP contribution in [0.25, 0.3) is 0 Å². The van der Waals surface area contributed by atoms with Gasteiger partial charge in [-0.1, -0.05) is 19.1 Å². The molecule has 1 heterocycles. The Bertz CT molecular complexity index is 1390. The highest BCUT2D eigenvalue weighted by Gasteiger charge is 2.28. The second-order valence-corrected chi connectivity index (χ2v) is 10.9. The lowest BCUT2D eigenvalue weighted by molar-refractivity contribution is -0.173. The molecule has 0 radical (unpaired) electrons. The van der Waals surface area contributed by atoms with Gasteiger partial charge in [-0.25, -0.2) is 22.6 Å². The van der Waals surface area contributed by atoms with E-state index in [1.54, 1.807) is 4.72 Å². The molecule has 222 valence electrons. The van der Waals surface area contributed by atoms with Crippen molar-refractivity contribution in [2.75, 3.05) is 20.8 Å². The Kier molecular flexibility index (Phi) is 10.8. The molecule has 1 saturated heterocycles. The number of sulfonamides is 1. The van der Waals surface area contributed by atoms with Crippen molar-refractivity contribution in [1.82, 2.24) is 20.4 Å². The first kappa shape index (κ1) is 31.5. The first-order chi connectivity index (χ1) is 19.5. The Morgan fingerprint density at radius 3 is 2.49 bits per heavy atom. The molecule has 1 fully saturated rings. The van der Waals surface area contributed by atoms with Crippen LogP contribution in [0.5, 0.6) is 5.75 Å². The Morgan fingerprint density at radius 1 is 1.20 bits per heavy atom. The van der Waals surface area contributed by atoms with Gasteiger partial charge in [-0.2, -0.15) is 0 Å². The monoisotopic (exact) mass is 592 g/mol. The minimum absolute atomic E-state index is 0.0641. The lowest BCUT2D eigenvalue weighted by Crippen LogP contribution is -2.47. The topological polar surface area (TPSA) is 163 Å². The highest BCUT2D eigenvalue weighted by atomic mass is 32.2. The quantitative estimate of drug-likeness (QED) is 0.164. The molecule has 2 atom stereocenters. The molecule has 2 aromatic rings. The summed E-state index contributed by atoms with van der Waals surface area (Å²) in [5.41, 5.74) is 0.427. The van der Waals surface area contributed by atoms with Crippen LogP contribution >= 0.6 is 0 Å². The second-order valence-electron chi connectivity index (χ2n) is 9.20. The number of nitrogens with zero attached hydrogens (tertiary/aromatic N) is 1. The van der Waals surface area contributed by atoms with Gasteiger partial charge in [-0.05, 0) is 61.7 Å². The van der Waals surface area contributed by atoms with Crippen molar-refractivity contribution in [1.29, 1.82) is 0 Å². The third-order valence-corrected chi connectivity index (χ3v) is 7.82. The van der Waals surface area contributed by atoms with Crippen LogP contribution in [0.15, 0.2) is 59.2 Å². The van der Waals surface area contributed by atoms with Gasteiger partial charge in [-0.3, -0.25) is 19.2 Å². The molecule has 2 unspecified atom stereocenters. The van der Waals surface area contributed by atoms with E-state index in [0.29, 0.717) is 18.1 Å². The van der Waals surface area contributed by atoms with E-state index in [1.807, 2.05) is 6.92 Å². The predicted octanol–water partition coefficient (Wildman–Crippen LogP) is 1.93. The van der Waals surface area contributed by atoms with Gasteiger partial charge in [-0.15, -0.1) is 0 Å². The molecule has 0 aliphatic carbocycles. The van der Waals surface area contributed by atoms with Gasteiger partial charge in [0, 0.05) is 12.1 Å². The number of hydrogen-bond acceptors (Lipinski definition) is 9. The summed E-state index contributed by atoms with van der Waals surface area (Å²) in [6, 6.07) is 8.54. The van der Waals surface area contributed by atoms with Crippen LogP contribution in [0.2, 0.25) is 0 Å². The van der Waals surface area contributed by atoms with Crippen LogP contribution in [-0.2, 0) is 31.0 Å². The molecule has 1 aliphatic heterocycles. The van der Waals surface area contributed by atoms with Crippen molar-refractivity contribution < 1.29 is 41.9 Å². The number of amides is 3. The van der Waals surface area contributed by atoms with Crippen LogP contribution in [0.3, 0.4) is 0 Å². The van der Waals surface area contributed by atoms with Crippen LogP contribution in [-0.4, -0.2) is 69.2 Å². The highest BCUT2D eigenvalue weighted by molar-refractivity contribution is 7.90. The number of benzene rings is 2. The summed E-state index contributed by atoms with van der Waals surface area (Å²) < 4.78 is 45.9. The number of hydroxylamine groups is 2. The summed E-state index contributed by atoms with van der Waals surface area (Å²) in [6.45, 7) is 2.63. The molecule has 1 aliphatic rings. The van der Waals surface area contributed by atoms with E-state index in [0.717, 1.165) is 36.6 Å². The smallest absolute Gasteiger partial charge is 0.300 e. The number of carbonyl (C=O) groups is 3. The number of aliphatic hydroxyl groups is 1. The summed E-state index contributed by atoms with van der Waals surface area (Å²) in [6.07, 6.45) is 3.00. The van der Waals surface area contributed by atoms with Crippen molar-refractivity contribution >= 4 is 27.7 Å². The molecule has 12 nitrogen and oxygen atoms in total. The van der Waals surface area contributed by atoms with Crippen LogP contribution in [0, 0.1) is 5.82 Å². The fraction of sp³-hybridized carbons (Fsp3) is 0.370. The van der Waals surface area contributed by atoms with Crippen molar-refractivity contribution in [3.05, 3.63) is 71.2 Å².